The first-order chi connectivity index (χ1) is 9.42. The molecular weight excluding hydrogens is 340 g/mol. The first-order valence-corrected chi connectivity index (χ1v) is 8.67. The van der Waals surface area contributed by atoms with Gasteiger partial charge in [-0.25, -0.2) is 8.42 Å². The van der Waals surface area contributed by atoms with Gasteiger partial charge in [0, 0.05) is 22.4 Å². The number of nitrogens with one attached hydrogen (secondary N) is 2. The molecule has 0 radical (unpaired) electrons. The van der Waals surface area contributed by atoms with E-state index in [9.17, 15) is 8.42 Å². The van der Waals surface area contributed by atoms with Gasteiger partial charge >= 0.3 is 0 Å². The van der Waals surface area contributed by atoms with Gasteiger partial charge in [0.25, 0.3) is 0 Å². The summed E-state index contributed by atoms with van der Waals surface area (Å²) in [5.41, 5.74) is 2.65. The summed E-state index contributed by atoms with van der Waals surface area (Å²) < 4.78 is 25.7. The van der Waals surface area contributed by atoms with E-state index in [4.69, 9.17) is 0 Å². The molecule has 0 aliphatic heterocycles. The van der Waals surface area contributed by atoms with Crippen molar-refractivity contribution >= 4 is 37.3 Å². The van der Waals surface area contributed by atoms with Crippen LogP contribution in [0.3, 0.4) is 0 Å². The van der Waals surface area contributed by atoms with Crippen molar-refractivity contribution in [1.82, 2.24) is 0 Å². The van der Waals surface area contributed by atoms with Gasteiger partial charge in [0.05, 0.1) is 6.26 Å². The van der Waals surface area contributed by atoms with Crippen LogP contribution in [0.1, 0.15) is 5.56 Å². The van der Waals surface area contributed by atoms with Crippen LogP contribution in [0.4, 0.5) is 11.4 Å². The lowest BCUT2D eigenvalue weighted by Gasteiger charge is -2.08. The van der Waals surface area contributed by atoms with Gasteiger partial charge in [-0.15, -0.1) is 0 Å². The normalized spacial score (nSPS) is 11.1. The third-order valence-corrected chi connectivity index (χ3v) is 3.67. The minimum atomic E-state index is -3.23. The van der Waals surface area contributed by atoms with Gasteiger partial charge in [0.1, 0.15) is 0 Å². The topological polar surface area (TPSA) is 58.2 Å². The van der Waals surface area contributed by atoms with Crippen molar-refractivity contribution in [2.75, 3.05) is 16.3 Å². The molecule has 0 saturated carbocycles. The highest BCUT2D eigenvalue weighted by Crippen LogP contribution is 2.16. The molecule has 0 fully saturated rings. The van der Waals surface area contributed by atoms with E-state index < -0.39 is 10.0 Å². The second-order valence-corrected chi connectivity index (χ2v) is 7.10. The van der Waals surface area contributed by atoms with Crippen molar-refractivity contribution in [2.45, 2.75) is 6.54 Å². The Kier molecular flexibility index (Phi) is 4.67. The number of halogens is 1. The Hall–Kier alpha value is -1.53. The molecule has 0 spiro atoms. The standard InChI is InChI=1S/C14H15BrN2O2S/c1-20(18,19)17-14-7-5-13(6-8-14)16-10-11-3-2-4-12(15)9-11/h2-9,16-17H,10H2,1H3. The van der Waals surface area contributed by atoms with Crippen molar-refractivity contribution in [3.63, 3.8) is 0 Å². The monoisotopic (exact) mass is 354 g/mol. The van der Waals surface area contributed by atoms with Crippen LogP contribution < -0.4 is 10.0 Å². The molecule has 2 aromatic carbocycles. The quantitative estimate of drug-likeness (QED) is 0.864. The molecule has 2 rings (SSSR count). The average molecular weight is 355 g/mol. The molecule has 0 amide bonds. The number of benzene rings is 2. The molecule has 2 N–H and O–H groups in total. The SMILES string of the molecule is CS(=O)(=O)Nc1ccc(NCc2cccc(Br)c2)cc1. The zero-order valence-electron chi connectivity index (χ0n) is 10.9. The first kappa shape index (κ1) is 14.9. The minimum absolute atomic E-state index is 0.556. The Labute approximate surface area is 127 Å². The van der Waals surface area contributed by atoms with Crippen molar-refractivity contribution in [2.24, 2.45) is 0 Å². The van der Waals surface area contributed by atoms with E-state index in [1.165, 1.54) is 0 Å². The lowest BCUT2D eigenvalue weighted by molar-refractivity contribution is 0.607. The molecule has 0 aliphatic carbocycles. The molecule has 0 bridgehead atoms. The maximum absolute atomic E-state index is 11.1. The third kappa shape index (κ3) is 4.86. The lowest BCUT2D eigenvalue weighted by atomic mass is 10.2. The predicted octanol–water partition coefficient (Wildman–Crippen LogP) is 3.43. The van der Waals surface area contributed by atoms with Crippen LogP contribution >= 0.6 is 15.9 Å². The summed E-state index contributed by atoms with van der Waals surface area (Å²) in [4.78, 5) is 0. The van der Waals surface area contributed by atoms with E-state index in [-0.39, 0.29) is 0 Å². The summed E-state index contributed by atoms with van der Waals surface area (Å²) in [6.45, 7) is 0.707. The fraction of sp³-hybridized carbons (Fsp3) is 0.143. The van der Waals surface area contributed by atoms with Crippen LogP contribution in [0.2, 0.25) is 0 Å². The molecule has 6 heteroatoms. The van der Waals surface area contributed by atoms with Gasteiger partial charge in [-0.05, 0) is 42.0 Å². The van der Waals surface area contributed by atoms with Crippen molar-refractivity contribution in [3.05, 3.63) is 58.6 Å². The van der Waals surface area contributed by atoms with Crippen molar-refractivity contribution in [1.29, 1.82) is 0 Å². The zero-order valence-corrected chi connectivity index (χ0v) is 13.3. The molecule has 0 aromatic heterocycles. The van der Waals surface area contributed by atoms with Crippen molar-refractivity contribution < 1.29 is 8.42 Å². The Morgan fingerprint density at radius 2 is 1.70 bits per heavy atom. The molecule has 0 unspecified atom stereocenters. The Morgan fingerprint density at radius 1 is 1.05 bits per heavy atom. The Morgan fingerprint density at radius 3 is 2.30 bits per heavy atom. The summed E-state index contributed by atoms with van der Waals surface area (Å²) >= 11 is 3.43. The van der Waals surface area contributed by atoms with Crippen LogP contribution in [0, 0.1) is 0 Å². The first-order valence-electron chi connectivity index (χ1n) is 5.98. The summed E-state index contributed by atoms with van der Waals surface area (Å²) in [5, 5.41) is 3.28. The average Bonchev–Trinajstić information content (AvgIpc) is 2.36. The van der Waals surface area contributed by atoms with Gasteiger partial charge in [0.15, 0.2) is 0 Å². The van der Waals surface area contributed by atoms with Crippen LogP contribution in [0.5, 0.6) is 0 Å². The van der Waals surface area contributed by atoms with Crippen LogP contribution in [-0.2, 0) is 16.6 Å². The number of anilines is 2. The van der Waals surface area contributed by atoms with Gasteiger partial charge in [0.2, 0.25) is 10.0 Å². The van der Waals surface area contributed by atoms with E-state index in [0.29, 0.717) is 12.2 Å². The molecular formula is C14H15BrN2O2S. The largest absolute Gasteiger partial charge is 0.381 e. The molecule has 106 valence electrons. The molecule has 0 atom stereocenters. The number of sulfonamides is 1. The van der Waals surface area contributed by atoms with Crippen molar-refractivity contribution in [3.8, 4) is 0 Å². The molecule has 2 aromatic rings. The molecule has 0 heterocycles. The van der Waals surface area contributed by atoms with Crippen LogP contribution in [0.25, 0.3) is 0 Å². The highest BCUT2D eigenvalue weighted by atomic mass is 79.9. The summed E-state index contributed by atoms with van der Waals surface area (Å²) in [6.07, 6.45) is 1.13. The second kappa shape index (κ2) is 6.28. The fourth-order valence-corrected chi connectivity index (χ4v) is 2.73. The fourth-order valence-electron chi connectivity index (χ4n) is 1.72. The highest BCUT2D eigenvalue weighted by Gasteiger charge is 2.01. The van der Waals surface area contributed by atoms with Gasteiger partial charge in [-0.3, -0.25) is 4.72 Å². The van der Waals surface area contributed by atoms with E-state index in [2.05, 4.69) is 26.0 Å². The van der Waals surface area contributed by atoms with E-state index in [1.807, 2.05) is 36.4 Å². The molecule has 0 aliphatic rings. The Bertz CT molecular complexity index is 685. The summed E-state index contributed by atoms with van der Waals surface area (Å²) in [6, 6.07) is 15.2. The van der Waals surface area contributed by atoms with Gasteiger partial charge in [-0.2, -0.15) is 0 Å². The highest BCUT2D eigenvalue weighted by molar-refractivity contribution is 9.10. The van der Waals surface area contributed by atoms with Crippen LogP contribution in [-0.4, -0.2) is 14.7 Å². The van der Waals surface area contributed by atoms with Crippen LogP contribution in [0.15, 0.2) is 53.0 Å². The van der Waals surface area contributed by atoms with Gasteiger partial charge in [-0.1, -0.05) is 28.1 Å². The number of hydrogen-bond donors (Lipinski definition) is 2. The number of rotatable bonds is 5. The zero-order chi connectivity index (χ0) is 14.6. The summed E-state index contributed by atoms with van der Waals surface area (Å²) in [7, 11) is -3.23. The third-order valence-electron chi connectivity index (χ3n) is 2.57. The number of hydrogen-bond acceptors (Lipinski definition) is 3. The molecule has 4 nitrogen and oxygen atoms in total. The molecule has 20 heavy (non-hydrogen) atoms. The van der Waals surface area contributed by atoms with E-state index in [0.717, 1.165) is 22.0 Å². The lowest BCUT2D eigenvalue weighted by Crippen LogP contribution is -2.09. The minimum Gasteiger partial charge on any atom is -0.381 e. The maximum Gasteiger partial charge on any atom is 0.229 e. The second-order valence-electron chi connectivity index (χ2n) is 4.44. The van der Waals surface area contributed by atoms with Gasteiger partial charge < -0.3 is 5.32 Å². The maximum atomic E-state index is 11.1. The van der Waals surface area contributed by atoms with E-state index in [1.54, 1.807) is 12.1 Å². The molecule has 0 saturated heterocycles. The van der Waals surface area contributed by atoms with E-state index >= 15 is 0 Å². The Balaban J connectivity index is 1.97. The smallest absolute Gasteiger partial charge is 0.229 e. The summed E-state index contributed by atoms with van der Waals surface area (Å²) in [5.74, 6) is 0. The predicted molar refractivity (Wildman–Crippen MR) is 86.4 cm³/mol.